The van der Waals surface area contributed by atoms with E-state index in [1.807, 2.05) is 18.7 Å². The molecule has 1 saturated heterocycles. The van der Waals surface area contributed by atoms with Crippen LogP contribution in [0.25, 0.3) is 0 Å². The maximum atomic E-state index is 12.5. The molecule has 0 bridgehead atoms. The lowest BCUT2D eigenvalue weighted by Crippen LogP contribution is -2.48. The van der Waals surface area contributed by atoms with Gasteiger partial charge in [-0.25, -0.2) is 4.98 Å². The van der Waals surface area contributed by atoms with Crippen LogP contribution in [-0.4, -0.2) is 72.8 Å². The third kappa shape index (κ3) is 5.71. The van der Waals surface area contributed by atoms with Crippen LogP contribution in [0.15, 0.2) is 0 Å². The minimum Gasteiger partial charge on any atom is -0.372 e. The first-order valence-electron chi connectivity index (χ1n) is 7.86. The topological polar surface area (TPSA) is 45.7 Å². The zero-order valence-corrected chi connectivity index (χ0v) is 14.7. The first-order chi connectivity index (χ1) is 11.3. The lowest BCUT2D eigenvalue weighted by atomic mass is 10.2. The standard InChI is InChI=1S/C15H22F3N3O2S/c1-11-13(24-12(2)19-11)14(22)21-7-5-20(6-8-21)4-3-9-23-10-15(16,17)18/h3-10H2,1-2H3. The number of aromatic nitrogens is 1. The molecule has 0 N–H and O–H groups in total. The predicted molar refractivity (Wildman–Crippen MR) is 85.4 cm³/mol. The Morgan fingerprint density at radius 3 is 2.46 bits per heavy atom. The number of amides is 1. The summed E-state index contributed by atoms with van der Waals surface area (Å²) in [5.41, 5.74) is 0.770. The molecule has 1 fully saturated rings. The SMILES string of the molecule is Cc1nc(C)c(C(=O)N2CCN(CCCOCC(F)(F)F)CC2)s1. The molecule has 0 aromatic carbocycles. The van der Waals surface area contributed by atoms with Crippen LogP contribution in [0.1, 0.15) is 26.8 Å². The van der Waals surface area contributed by atoms with Crippen molar-refractivity contribution in [2.45, 2.75) is 26.4 Å². The molecular weight excluding hydrogens is 343 g/mol. The van der Waals surface area contributed by atoms with Gasteiger partial charge >= 0.3 is 6.18 Å². The molecule has 0 saturated carbocycles. The van der Waals surface area contributed by atoms with E-state index in [0.29, 0.717) is 30.9 Å². The minimum atomic E-state index is -4.26. The molecule has 136 valence electrons. The van der Waals surface area contributed by atoms with Crippen LogP contribution in [0.5, 0.6) is 0 Å². The van der Waals surface area contributed by atoms with Gasteiger partial charge in [0.25, 0.3) is 5.91 Å². The maximum absolute atomic E-state index is 12.5. The number of carbonyl (C=O) groups is 1. The number of hydrogen-bond acceptors (Lipinski definition) is 5. The molecule has 2 heterocycles. The van der Waals surface area contributed by atoms with E-state index in [2.05, 4.69) is 14.6 Å². The Hall–Kier alpha value is -1.19. The van der Waals surface area contributed by atoms with Gasteiger partial charge in [-0.1, -0.05) is 0 Å². The zero-order valence-electron chi connectivity index (χ0n) is 13.9. The van der Waals surface area contributed by atoms with Gasteiger partial charge in [0.05, 0.1) is 10.7 Å². The van der Waals surface area contributed by atoms with Crippen molar-refractivity contribution < 1.29 is 22.7 Å². The average Bonchev–Trinajstić information content (AvgIpc) is 2.84. The molecule has 1 aliphatic rings. The highest BCUT2D eigenvalue weighted by Crippen LogP contribution is 2.20. The van der Waals surface area contributed by atoms with E-state index in [1.165, 1.54) is 11.3 Å². The lowest BCUT2D eigenvalue weighted by Gasteiger charge is -2.34. The number of hydrogen-bond donors (Lipinski definition) is 0. The van der Waals surface area contributed by atoms with Crippen molar-refractivity contribution in [3.05, 3.63) is 15.6 Å². The summed E-state index contributed by atoms with van der Waals surface area (Å²) in [6.45, 7) is 6.00. The second kappa shape index (κ2) is 8.26. The van der Waals surface area contributed by atoms with Gasteiger partial charge in [0.15, 0.2) is 0 Å². The highest BCUT2D eigenvalue weighted by atomic mass is 32.1. The molecular formula is C15H22F3N3O2S. The summed E-state index contributed by atoms with van der Waals surface area (Å²) in [5, 5.41) is 0.883. The number of thiazole rings is 1. The molecule has 0 unspecified atom stereocenters. The smallest absolute Gasteiger partial charge is 0.372 e. The number of piperazine rings is 1. The summed E-state index contributed by atoms with van der Waals surface area (Å²) >= 11 is 1.41. The summed E-state index contributed by atoms with van der Waals surface area (Å²) in [7, 11) is 0. The van der Waals surface area contributed by atoms with Gasteiger partial charge in [-0.05, 0) is 20.3 Å². The summed E-state index contributed by atoms with van der Waals surface area (Å²) < 4.78 is 40.4. The summed E-state index contributed by atoms with van der Waals surface area (Å²) in [5.74, 6) is 0.0197. The van der Waals surface area contributed by atoms with E-state index in [4.69, 9.17) is 0 Å². The number of carbonyl (C=O) groups excluding carboxylic acids is 1. The van der Waals surface area contributed by atoms with Crippen molar-refractivity contribution >= 4 is 17.2 Å². The molecule has 1 aromatic heterocycles. The molecule has 2 rings (SSSR count). The second-order valence-electron chi connectivity index (χ2n) is 5.80. The van der Waals surface area contributed by atoms with Crippen LogP contribution < -0.4 is 0 Å². The van der Waals surface area contributed by atoms with Crippen LogP contribution in [0.2, 0.25) is 0 Å². The number of halogens is 3. The van der Waals surface area contributed by atoms with Crippen molar-refractivity contribution in [2.24, 2.45) is 0 Å². The first-order valence-corrected chi connectivity index (χ1v) is 8.68. The zero-order chi connectivity index (χ0) is 17.7. The molecule has 1 amide bonds. The summed E-state index contributed by atoms with van der Waals surface area (Å²) in [6, 6.07) is 0. The van der Waals surface area contributed by atoms with Crippen LogP contribution in [0.3, 0.4) is 0 Å². The van der Waals surface area contributed by atoms with Gasteiger partial charge in [0.1, 0.15) is 11.5 Å². The molecule has 5 nitrogen and oxygen atoms in total. The maximum Gasteiger partial charge on any atom is 0.411 e. The molecule has 24 heavy (non-hydrogen) atoms. The fourth-order valence-corrected chi connectivity index (χ4v) is 3.51. The Kier molecular flexibility index (Phi) is 6.59. The van der Waals surface area contributed by atoms with Gasteiger partial charge in [-0.15, -0.1) is 11.3 Å². The molecule has 1 aliphatic heterocycles. The fourth-order valence-electron chi connectivity index (χ4n) is 2.63. The van der Waals surface area contributed by atoms with Crippen LogP contribution >= 0.6 is 11.3 Å². The third-order valence-corrected chi connectivity index (χ3v) is 4.85. The van der Waals surface area contributed by atoms with Crippen molar-refractivity contribution in [1.82, 2.24) is 14.8 Å². The highest BCUT2D eigenvalue weighted by molar-refractivity contribution is 7.13. The average molecular weight is 365 g/mol. The second-order valence-corrected chi connectivity index (χ2v) is 7.01. The quantitative estimate of drug-likeness (QED) is 0.727. The predicted octanol–water partition coefficient (Wildman–Crippen LogP) is 2.49. The number of ether oxygens (including phenoxy) is 1. The third-order valence-electron chi connectivity index (χ3n) is 3.79. The lowest BCUT2D eigenvalue weighted by molar-refractivity contribution is -0.174. The molecule has 0 aliphatic carbocycles. The van der Waals surface area contributed by atoms with Crippen molar-refractivity contribution in [1.29, 1.82) is 0 Å². The van der Waals surface area contributed by atoms with Gasteiger partial charge in [0, 0.05) is 39.3 Å². The van der Waals surface area contributed by atoms with E-state index >= 15 is 0 Å². The molecule has 0 atom stereocenters. The monoisotopic (exact) mass is 365 g/mol. The van der Waals surface area contributed by atoms with Crippen molar-refractivity contribution in [3.63, 3.8) is 0 Å². The molecule has 0 spiro atoms. The van der Waals surface area contributed by atoms with Gasteiger partial charge < -0.3 is 9.64 Å². The minimum absolute atomic E-state index is 0.0197. The molecule has 1 aromatic rings. The summed E-state index contributed by atoms with van der Waals surface area (Å²) in [6.07, 6.45) is -3.71. The number of aryl methyl sites for hydroxylation is 2. The van der Waals surface area contributed by atoms with Crippen LogP contribution in [0, 0.1) is 13.8 Å². The van der Waals surface area contributed by atoms with Crippen LogP contribution in [0.4, 0.5) is 13.2 Å². The number of alkyl halides is 3. The van der Waals surface area contributed by atoms with E-state index in [-0.39, 0.29) is 12.5 Å². The Balaban J connectivity index is 1.68. The van der Waals surface area contributed by atoms with Gasteiger partial charge in [-0.2, -0.15) is 13.2 Å². The normalized spacial score (nSPS) is 16.6. The fraction of sp³-hybridized carbons (Fsp3) is 0.733. The largest absolute Gasteiger partial charge is 0.411 e. The molecule has 9 heteroatoms. The Labute approximate surface area is 143 Å². The van der Waals surface area contributed by atoms with E-state index < -0.39 is 12.8 Å². The Morgan fingerprint density at radius 2 is 1.92 bits per heavy atom. The number of rotatable bonds is 6. The highest BCUT2D eigenvalue weighted by Gasteiger charge is 2.27. The van der Waals surface area contributed by atoms with Crippen LogP contribution in [-0.2, 0) is 4.74 Å². The Morgan fingerprint density at radius 1 is 1.25 bits per heavy atom. The van der Waals surface area contributed by atoms with Crippen molar-refractivity contribution in [2.75, 3.05) is 45.9 Å². The number of nitrogens with zero attached hydrogens (tertiary/aromatic N) is 3. The van der Waals surface area contributed by atoms with Crippen molar-refractivity contribution in [3.8, 4) is 0 Å². The van der Waals surface area contributed by atoms with E-state index in [1.54, 1.807) is 0 Å². The first kappa shape index (κ1) is 19.1. The molecule has 0 radical (unpaired) electrons. The Bertz CT molecular complexity index is 555. The van der Waals surface area contributed by atoms with E-state index in [0.717, 1.165) is 23.8 Å². The van der Waals surface area contributed by atoms with Gasteiger partial charge in [0.2, 0.25) is 0 Å². The summed E-state index contributed by atoms with van der Waals surface area (Å²) in [4.78, 5) is 21.4. The van der Waals surface area contributed by atoms with E-state index in [9.17, 15) is 18.0 Å². The van der Waals surface area contributed by atoms with Gasteiger partial charge in [-0.3, -0.25) is 9.69 Å².